The highest BCUT2D eigenvalue weighted by molar-refractivity contribution is 7.11. The second-order valence-electron chi connectivity index (χ2n) is 6.99. The van der Waals surface area contributed by atoms with Gasteiger partial charge in [-0.15, -0.1) is 11.3 Å². The SMILES string of the molecule is CCNC(=NCc1sc(C)nc1C)NCCC1CCN(CC(F)(F)F)CC1. The summed E-state index contributed by atoms with van der Waals surface area (Å²) in [6, 6.07) is 0. The van der Waals surface area contributed by atoms with E-state index in [1.807, 2.05) is 20.8 Å². The molecule has 1 aliphatic rings. The van der Waals surface area contributed by atoms with Crippen LogP contribution >= 0.6 is 11.3 Å². The van der Waals surface area contributed by atoms with E-state index in [0.29, 0.717) is 25.6 Å². The van der Waals surface area contributed by atoms with Gasteiger partial charge in [-0.25, -0.2) is 9.98 Å². The third-order valence-corrected chi connectivity index (χ3v) is 5.74. The van der Waals surface area contributed by atoms with Crippen LogP contribution in [0.25, 0.3) is 0 Å². The number of nitrogens with one attached hydrogen (secondary N) is 2. The molecule has 0 aromatic carbocycles. The standard InChI is InChI=1S/C18H30F3N5S/c1-4-22-17(24-11-16-13(2)25-14(3)27-16)23-8-5-15-6-9-26(10-7-15)12-18(19,20)21/h15H,4-12H2,1-3H3,(H2,22,23,24). The van der Waals surface area contributed by atoms with Gasteiger partial charge in [-0.2, -0.15) is 13.2 Å². The van der Waals surface area contributed by atoms with Gasteiger partial charge in [-0.1, -0.05) is 0 Å². The number of hydrogen-bond acceptors (Lipinski definition) is 4. The Hall–Kier alpha value is -1.35. The molecule has 1 aromatic heterocycles. The molecular formula is C18H30F3N5S. The lowest BCUT2D eigenvalue weighted by molar-refractivity contribution is -0.148. The summed E-state index contributed by atoms with van der Waals surface area (Å²) in [4.78, 5) is 11.7. The first-order valence-electron chi connectivity index (χ1n) is 9.51. The number of halogens is 3. The molecular weight excluding hydrogens is 375 g/mol. The van der Waals surface area contributed by atoms with Crippen LogP contribution in [0.4, 0.5) is 13.2 Å². The quantitative estimate of drug-likeness (QED) is 0.539. The van der Waals surface area contributed by atoms with Crippen LogP contribution in [0.1, 0.15) is 41.8 Å². The van der Waals surface area contributed by atoms with Crippen LogP contribution in [0.3, 0.4) is 0 Å². The van der Waals surface area contributed by atoms with Gasteiger partial charge in [0.1, 0.15) is 0 Å². The Kier molecular flexibility index (Phi) is 8.34. The number of alkyl halides is 3. The van der Waals surface area contributed by atoms with Gasteiger partial charge in [0.05, 0.1) is 23.8 Å². The lowest BCUT2D eigenvalue weighted by Crippen LogP contribution is -2.41. The van der Waals surface area contributed by atoms with Crippen LogP contribution in [0.5, 0.6) is 0 Å². The average Bonchev–Trinajstić information content (AvgIpc) is 2.90. The summed E-state index contributed by atoms with van der Waals surface area (Å²) in [7, 11) is 0. The second-order valence-corrected chi connectivity index (χ2v) is 8.27. The van der Waals surface area contributed by atoms with E-state index in [2.05, 4.69) is 20.6 Å². The van der Waals surface area contributed by atoms with Crippen molar-refractivity contribution in [2.75, 3.05) is 32.7 Å². The van der Waals surface area contributed by atoms with Crippen molar-refractivity contribution in [2.24, 2.45) is 10.9 Å². The Balaban J connectivity index is 1.73. The third kappa shape index (κ3) is 8.04. The minimum atomic E-state index is -4.10. The molecule has 2 rings (SSSR count). The molecule has 0 bridgehead atoms. The molecule has 0 aliphatic carbocycles. The molecule has 0 atom stereocenters. The predicted octanol–water partition coefficient (Wildman–Crippen LogP) is 3.48. The Morgan fingerprint density at radius 1 is 1.26 bits per heavy atom. The van der Waals surface area contributed by atoms with E-state index in [9.17, 15) is 13.2 Å². The van der Waals surface area contributed by atoms with E-state index in [4.69, 9.17) is 0 Å². The summed E-state index contributed by atoms with van der Waals surface area (Å²) < 4.78 is 37.3. The number of hydrogen-bond donors (Lipinski definition) is 2. The summed E-state index contributed by atoms with van der Waals surface area (Å²) in [5, 5.41) is 7.63. The van der Waals surface area contributed by atoms with Gasteiger partial charge in [-0.3, -0.25) is 4.90 Å². The van der Waals surface area contributed by atoms with Crippen LogP contribution in [-0.2, 0) is 6.54 Å². The summed E-state index contributed by atoms with van der Waals surface area (Å²) in [5.74, 6) is 1.24. The maximum absolute atomic E-state index is 12.4. The van der Waals surface area contributed by atoms with E-state index < -0.39 is 12.7 Å². The van der Waals surface area contributed by atoms with E-state index in [1.165, 1.54) is 9.78 Å². The fourth-order valence-corrected chi connectivity index (χ4v) is 4.16. The largest absolute Gasteiger partial charge is 0.401 e. The van der Waals surface area contributed by atoms with Crippen molar-refractivity contribution < 1.29 is 13.2 Å². The minimum absolute atomic E-state index is 0.469. The van der Waals surface area contributed by atoms with Gasteiger partial charge in [0.15, 0.2) is 5.96 Å². The molecule has 5 nitrogen and oxygen atoms in total. The number of piperidine rings is 1. The lowest BCUT2D eigenvalue weighted by atomic mass is 9.93. The first kappa shape index (κ1) is 21.9. The van der Waals surface area contributed by atoms with Crippen LogP contribution in [0.2, 0.25) is 0 Å². The van der Waals surface area contributed by atoms with Crippen LogP contribution in [0, 0.1) is 19.8 Å². The Labute approximate surface area is 163 Å². The third-order valence-electron chi connectivity index (χ3n) is 4.68. The van der Waals surface area contributed by atoms with E-state index >= 15 is 0 Å². The highest BCUT2D eigenvalue weighted by Crippen LogP contribution is 2.24. The summed E-state index contributed by atoms with van der Waals surface area (Å²) in [6.45, 7) is 8.45. The van der Waals surface area contributed by atoms with Crippen LogP contribution in [-0.4, -0.2) is 54.7 Å². The topological polar surface area (TPSA) is 52.6 Å². The van der Waals surface area contributed by atoms with Crippen molar-refractivity contribution in [1.82, 2.24) is 20.5 Å². The molecule has 1 fully saturated rings. The molecule has 0 saturated carbocycles. The molecule has 0 spiro atoms. The number of rotatable bonds is 7. The summed E-state index contributed by atoms with van der Waals surface area (Å²) >= 11 is 1.67. The van der Waals surface area contributed by atoms with E-state index in [1.54, 1.807) is 11.3 Å². The average molecular weight is 406 g/mol. The predicted molar refractivity (Wildman–Crippen MR) is 104 cm³/mol. The monoisotopic (exact) mass is 405 g/mol. The Bertz CT molecular complexity index is 607. The smallest absolute Gasteiger partial charge is 0.357 e. The number of guanidine groups is 1. The number of thiazole rings is 1. The van der Waals surface area contributed by atoms with Crippen molar-refractivity contribution in [1.29, 1.82) is 0 Å². The molecule has 0 radical (unpaired) electrons. The Morgan fingerprint density at radius 2 is 1.96 bits per heavy atom. The van der Waals surface area contributed by atoms with E-state index in [0.717, 1.165) is 49.0 Å². The van der Waals surface area contributed by atoms with Gasteiger partial charge in [0.2, 0.25) is 0 Å². The van der Waals surface area contributed by atoms with Crippen molar-refractivity contribution >= 4 is 17.3 Å². The Morgan fingerprint density at radius 3 is 2.52 bits per heavy atom. The molecule has 27 heavy (non-hydrogen) atoms. The molecule has 2 N–H and O–H groups in total. The minimum Gasteiger partial charge on any atom is -0.357 e. The van der Waals surface area contributed by atoms with Gasteiger partial charge in [0.25, 0.3) is 0 Å². The fraction of sp³-hybridized carbons (Fsp3) is 0.778. The van der Waals surface area contributed by atoms with Gasteiger partial charge in [-0.05, 0) is 59.0 Å². The van der Waals surface area contributed by atoms with Gasteiger partial charge in [0, 0.05) is 18.0 Å². The second kappa shape index (κ2) is 10.3. The maximum Gasteiger partial charge on any atom is 0.401 e. The number of aliphatic imine (C=N–C) groups is 1. The van der Waals surface area contributed by atoms with Crippen LogP contribution in [0.15, 0.2) is 4.99 Å². The maximum atomic E-state index is 12.4. The molecule has 1 aromatic rings. The number of aromatic nitrogens is 1. The van der Waals surface area contributed by atoms with Gasteiger partial charge >= 0.3 is 6.18 Å². The molecule has 1 aliphatic heterocycles. The number of likely N-dealkylation sites (tertiary alicyclic amines) is 1. The van der Waals surface area contributed by atoms with Crippen molar-refractivity contribution in [3.05, 3.63) is 15.6 Å². The highest BCUT2D eigenvalue weighted by Gasteiger charge is 2.32. The lowest BCUT2D eigenvalue weighted by Gasteiger charge is -2.32. The fourth-order valence-electron chi connectivity index (χ4n) is 3.29. The summed E-state index contributed by atoms with van der Waals surface area (Å²) in [6.07, 6.45) is -1.50. The zero-order valence-corrected chi connectivity index (χ0v) is 17.1. The molecule has 9 heteroatoms. The van der Waals surface area contributed by atoms with Crippen molar-refractivity contribution in [3.63, 3.8) is 0 Å². The van der Waals surface area contributed by atoms with Crippen LogP contribution < -0.4 is 10.6 Å². The zero-order chi connectivity index (χ0) is 19.9. The van der Waals surface area contributed by atoms with Gasteiger partial charge < -0.3 is 10.6 Å². The molecule has 1 saturated heterocycles. The normalized spacial score (nSPS) is 17.3. The highest BCUT2D eigenvalue weighted by atomic mass is 32.1. The first-order valence-corrected chi connectivity index (χ1v) is 10.3. The number of aryl methyl sites for hydroxylation is 2. The van der Waals surface area contributed by atoms with E-state index in [-0.39, 0.29) is 0 Å². The van der Waals surface area contributed by atoms with Crippen molar-refractivity contribution in [2.45, 2.75) is 52.8 Å². The van der Waals surface area contributed by atoms with Crippen molar-refractivity contribution in [3.8, 4) is 0 Å². The molecule has 0 unspecified atom stereocenters. The summed E-state index contributed by atoms with van der Waals surface area (Å²) in [5.41, 5.74) is 1.03. The number of nitrogens with zero attached hydrogens (tertiary/aromatic N) is 3. The molecule has 154 valence electrons. The molecule has 0 amide bonds. The molecule has 2 heterocycles. The first-order chi connectivity index (χ1) is 12.8. The zero-order valence-electron chi connectivity index (χ0n) is 16.3.